The molecule has 1 amide bonds. The fourth-order valence-electron chi connectivity index (χ4n) is 2.37. The van der Waals surface area contributed by atoms with Crippen molar-refractivity contribution in [2.45, 2.75) is 0 Å². The van der Waals surface area contributed by atoms with Crippen LogP contribution in [0.4, 0.5) is 10.1 Å². The van der Waals surface area contributed by atoms with Crippen LogP contribution in [0.15, 0.2) is 52.4 Å². The summed E-state index contributed by atoms with van der Waals surface area (Å²) in [6.45, 7) is 0. The molecule has 3 rings (SSSR count). The van der Waals surface area contributed by atoms with Crippen molar-refractivity contribution in [2.75, 3.05) is 21.3 Å². The van der Waals surface area contributed by atoms with E-state index in [1.807, 2.05) is 0 Å². The molecule has 0 spiro atoms. The number of halogens is 1. The Balaban J connectivity index is 1.94. The van der Waals surface area contributed by atoms with Crippen LogP contribution in [0.2, 0.25) is 0 Å². The Bertz CT molecular complexity index is 894. The van der Waals surface area contributed by atoms with Crippen LogP contribution in [0.1, 0.15) is 5.56 Å². The van der Waals surface area contributed by atoms with E-state index in [0.717, 1.165) is 5.56 Å². The number of amidine groups is 1. The summed E-state index contributed by atoms with van der Waals surface area (Å²) in [5.41, 5.74) is 1.31. The lowest BCUT2D eigenvalue weighted by molar-refractivity contribution is -0.121. The van der Waals surface area contributed by atoms with Crippen molar-refractivity contribution in [3.05, 3.63) is 58.8 Å². The van der Waals surface area contributed by atoms with E-state index in [4.69, 9.17) is 9.47 Å². The maximum atomic E-state index is 13.0. The molecule has 1 aliphatic heterocycles. The first-order valence-electron chi connectivity index (χ1n) is 7.75. The SMILES string of the molecule is COc1ccc(OC)c(/C=C2/SC(=Nc3ccc(F)cc3)N(C)C2=O)c1. The Morgan fingerprint density at radius 3 is 2.50 bits per heavy atom. The number of methoxy groups -OCH3 is 2. The summed E-state index contributed by atoms with van der Waals surface area (Å²) in [4.78, 5) is 18.9. The van der Waals surface area contributed by atoms with Crippen molar-refractivity contribution in [2.24, 2.45) is 4.99 Å². The number of amides is 1. The van der Waals surface area contributed by atoms with Crippen molar-refractivity contribution in [3.8, 4) is 11.5 Å². The van der Waals surface area contributed by atoms with Crippen molar-refractivity contribution < 1.29 is 18.7 Å². The maximum absolute atomic E-state index is 13.0. The zero-order chi connectivity index (χ0) is 18.7. The van der Waals surface area contributed by atoms with E-state index in [2.05, 4.69) is 4.99 Å². The summed E-state index contributed by atoms with van der Waals surface area (Å²) in [6.07, 6.45) is 1.75. The molecule has 0 saturated carbocycles. The van der Waals surface area contributed by atoms with Crippen LogP contribution in [0.3, 0.4) is 0 Å². The predicted molar refractivity (Wildman–Crippen MR) is 101 cm³/mol. The Kier molecular flexibility index (Phi) is 5.27. The molecule has 1 aliphatic rings. The van der Waals surface area contributed by atoms with Gasteiger partial charge >= 0.3 is 0 Å². The number of likely N-dealkylation sites (N-methyl/N-ethyl adjacent to an activating group) is 1. The molecule has 2 aromatic rings. The molecule has 5 nitrogen and oxygen atoms in total. The number of thioether (sulfide) groups is 1. The van der Waals surface area contributed by atoms with E-state index >= 15 is 0 Å². The van der Waals surface area contributed by atoms with Crippen LogP contribution in [0.25, 0.3) is 6.08 Å². The van der Waals surface area contributed by atoms with E-state index in [9.17, 15) is 9.18 Å². The van der Waals surface area contributed by atoms with Crippen LogP contribution >= 0.6 is 11.8 Å². The molecule has 26 heavy (non-hydrogen) atoms. The first-order valence-corrected chi connectivity index (χ1v) is 8.57. The van der Waals surface area contributed by atoms with Crippen LogP contribution in [-0.4, -0.2) is 37.2 Å². The fraction of sp³-hybridized carbons (Fsp3) is 0.158. The highest BCUT2D eigenvalue weighted by Crippen LogP contribution is 2.35. The molecule has 0 unspecified atom stereocenters. The van der Waals surface area contributed by atoms with Gasteiger partial charge in [-0.15, -0.1) is 0 Å². The highest BCUT2D eigenvalue weighted by atomic mass is 32.2. The number of benzene rings is 2. The van der Waals surface area contributed by atoms with Crippen molar-refractivity contribution in [1.82, 2.24) is 4.90 Å². The number of carbonyl (C=O) groups is 1. The molecular weight excluding hydrogens is 355 g/mol. The molecule has 1 fully saturated rings. The molecule has 0 N–H and O–H groups in total. The standard InChI is InChI=1S/C19H17FN2O3S/c1-22-18(23)17(11-12-10-15(24-2)8-9-16(12)25-3)26-19(22)21-14-6-4-13(20)5-7-14/h4-11H,1-3H3/b17-11+,21-19?. The van der Waals surface area contributed by atoms with Gasteiger partial charge in [-0.1, -0.05) is 0 Å². The lowest BCUT2D eigenvalue weighted by Crippen LogP contribution is -2.23. The minimum atomic E-state index is -0.330. The van der Waals surface area contributed by atoms with Crippen molar-refractivity contribution in [3.63, 3.8) is 0 Å². The minimum absolute atomic E-state index is 0.166. The van der Waals surface area contributed by atoms with Crippen LogP contribution in [0.5, 0.6) is 11.5 Å². The van der Waals surface area contributed by atoms with Gasteiger partial charge in [-0.25, -0.2) is 9.38 Å². The number of nitrogens with zero attached hydrogens (tertiary/aromatic N) is 2. The van der Waals surface area contributed by atoms with Crippen LogP contribution in [0, 0.1) is 5.82 Å². The third-order valence-electron chi connectivity index (χ3n) is 3.78. The maximum Gasteiger partial charge on any atom is 0.266 e. The van der Waals surface area contributed by atoms with E-state index in [-0.39, 0.29) is 11.7 Å². The second-order valence-electron chi connectivity index (χ2n) is 5.45. The molecule has 0 aliphatic carbocycles. The number of hydrogen-bond donors (Lipinski definition) is 0. The van der Waals surface area contributed by atoms with Gasteiger partial charge in [0, 0.05) is 12.6 Å². The summed E-state index contributed by atoms with van der Waals surface area (Å²) < 4.78 is 23.6. The average molecular weight is 372 g/mol. The van der Waals surface area contributed by atoms with Crippen LogP contribution in [-0.2, 0) is 4.79 Å². The Morgan fingerprint density at radius 2 is 1.85 bits per heavy atom. The quantitative estimate of drug-likeness (QED) is 0.759. The van der Waals surface area contributed by atoms with Gasteiger partial charge in [0.2, 0.25) is 0 Å². The summed E-state index contributed by atoms with van der Waals surface area (Å²) in [7, 11) is 4.80. The first-order chi connectivity index (χ1) is 12.5. The molecule has 0 atom stereocenters. The molecular formula is C19H17FN2O3S. The van der Waals surface area contributed by atoms with Gasteiger partial charge in [-0.2, -0.15) is 0 Å². The number of aliphatic imine (C=N–C) groups is 1. The summed E-state index contributed by atoms with van der Waals surface area (Å²) in [6, 6.07) is 11.2. The largest absolute Gasteiger partial charge is 0.497 e. The van der Waals surface area contributed by atoms with Gasteiger partial charge in [-0.05, 0) is 60.3 Å². The predicted octanol–water partition coefficient (Wildman–Crippen LogP) is 4.08. The molecule has 0 radical (unpaired) electrons. The van der Waals surface area contributed by atoms with E-state index in [1.54, 1.807) is 57.7 Å². The molecule has 7 heteroatoms. The lowest BCUT2D eigenvalue weighted by Gasteiger charge is -2.08. The van der Waals surface area contributed by atoms with Gasteiger partial charge in [0.15, 0.2) is 5.17 Å². The van der Waals surface area contributed by atoms with Gasteiger partial charge in [0.25, 0.3) is 5.91 Å². The van der Waals surface area contributed by atoms with Crippen LogP contribution < -0.4 is 9.47 Å². The molecule has 134 valence electrons. The van der Waals surface area contributed by atoms with E-state index in [1.165, 1.54) is 28.8 Å². The van der Waals surface area contributed by atoms with Gasteiger partial charge in [-0.3, -0.25) is 9.69 Å². The van der Waals surface area contributed by atoms with Gasteiger partial charge < -0.3 is 9.47 Å². The molecule has 0 bridgehead atoms. The number of ether oxygens (including phenoxy) is 2. The monoisotopic (exact) mass is 372 g/mol. The third kappa shape index (κ3) is 3.72. The molecule has 0 aromatic heterocycles. The second kappa shape index (κ2) is 7.61. The zero-order valence-electron chi connectivity index (χ0n) is 14.5. The third-order valence-corrected chi connectivity index (χ3v) is 4.84. The Labute approximate surface area is 155 Å². The summed E-state index contributed by atoms with van der Waals surface area (Å²) in [5.74, 6) is 0.809. The minimum Gasteiger partial charge on any atom is -0.497 e. The highest BCUT2D eigenvalue weighted by Gasteiger charge is 2.30. The second-order valence-corrected chi connectivity index (χ2v) is 6.46. The summed E-state index contributed by atoms with van der Waals surface area (Å²) >= 11 is 1.25. The van der Waals surface area contributed by atoms with Crippen molar-refractivity contribution >= 4 is 34.6 Å². The van der Waals surface area contributed by atoms with E-state index < -0.39 is 0 Å². The Morgan fingerprint density at radius 1 is 1.12 bits per heavy atom. The molecule has 2 aromatic carbocycles. The summed E-state index contributed by atoms with van der Waals surface area (Å²) in [5, 5.41) is 0.523. The number of carbonyl (C=O) groups excluding carboxylic acids is 1. The fourth-order valence-corrected chi connectivity index (χ4v) is 3.35. The first kappa shape index (κ1) is 18.0. The smallest absolute Gasteiger partial charge is 0.266 e. The highest BCUT2D eigenvalue weighted by molar-refractivity contribution is 8.18. The topological polar surface area (TPSA) is 51.1 Å². The molecule has 1 saturated heterocycles. The average Bonchev–Trinajstić information content (AvgIpc) is 2.91. The molecule has 1 heterocycles. The zero-order valence-corrected chi connectivity index (χ0v) is 15.3. The van der Waals surface area contributed by atoms with Gasteiger partial charge in [0.1, 0.15) is 17.3 Å². The van der Waals surface area contributed by atoms with E-state index in [0.29, 0.717) is 27.3 Å². The van der Waals surface area contributed by atoms with Gasteiger partial charge in [0.05, 0.1) is 24.8 Å². The normalized spacial score (nSPS) is 17.2. The lowest BCUT2D eigenvalue weighted by atomic mass is 10.1. The van der Waals surface area contributed by atoms with Crippen molar-refractivity contribution in [1.29, 1.82) is 0 Å². The number of hydrogen-bond acceptors (Lipinski definition) is 5. The number of rotatable bonds is 4. The Hall–Kier alpha value is -2.80.